The van der Waals surface area contributed by atoms with Crippen molar-refractivity contribution in [1.29, 1.82) is 0 Å². The highest BCUT2D eigenvalue weighted by atomic mass is 15.0. The van der Waals surface area contributed by atoms with Crippen molar-refractivity contribution in [2.24, 2.45) is 0 Å². The molecule has 0 aliphatic rings. The fourth-order valence-electron chi connectivity index (χ4n) is 7.50. The molecule has 7 aromatic carbocycles. The molecule has 3 aromatic heterocycles. The van der Waals surface area contributed by atoms with Gasteiger partial charge >= 0.3 is 0 Å². The molecule has 2 nitrogen and oxygen atoms in total. The SMILES string of the molecule is c1ccc(-c2cccc(-n3c4ccccc4c4cc(-c5cc6c7ccccc7n7c8ccccc8c(c5)c67)ccc43)c2)cc1. The Morgan fingerprint density at radius 2 is 0.818 bits per heavy atom. The smallest absolute Gasteiger partial charge is 0.0620 e. The first-order valence-corrected chi connectivity index (χ1v) is 15.2. The highest BCUT2D eigenvalue weighted by Gasteiger charge is 2.19. The van der Waals surface area contributed by atoms with E-state index in [2.05, 4.69) is 167 Å². The predicted molar refractivity (Wildman–Crippen MR) is 186 cm³/mol. The summed E-state index contributed by atoms with van der Waals surface area (Å²) in [6.45, 7) is 0. The molecule has 0 bridgehead atoms. The first kappa shape index (κ1) is 23.7. The van der Waals surface area contributed by atoms with Crippen LogP contribution in [0.4, 0.5) is 0 Å². The monoisotopic (exact) mass is 558 g/mol. The Balaban J connectivity index is 1.23. The summed E-state index contributed by atoms with van der Waals surface area (Å²) in [4.78, 5) is 0. The molecule has 0 aliphatic carbocycles. The van der Waals surface area contributed by atoms with Gasteiger partial charge in [0.25, 0.3) is 0 Å². The van der Waals surface area contributed by atoms with Crippen molar-refractivity contribution >= 4 is 59.9 Å². The quantitative estimate of drug-likeness (QED) is 0.204. The molecule has 10 aromatic rings. The lowest BCUT2D eigenvalue weighted by Gasteiger charge is -2.11. The van der Waals surface area contributed by atoms with Crippen LogP contribution in [0.2, 0.25) is 0 Å². The average Bonchev–Trinajstić information content (AvgIpc) is 3.73. The molecule has 0 fully saturated rings. The van der Waals surface area contributed by atoms with Gasteiger partial charge in [0, 0.05) is 38.0 Å². The molecule has 0 amide bonds. The van der Waals surface area contributed by atoms with Crippen LogP contribution in [-0.2, 0) is 0 Å². The van der Waals surface area contributed by atoms with Crippen molar-refractivity contribution < 1.29 is 0 Å². The van der Waals surface area contributed by atoms with Gasteiger partial charge in [-0.05, 0) is 76.9 Å². The Kier molecular flexibility index (Phi) is 4.75. The Hall–Kier alpha value is -5.86. The zero-order chi connectivity index (χ0) is 28.8. The van der Waals surface area contributed by atoms with Gasteiger partial charge < -0.3 is 8.97 Å². The van der Waals surface area contributed by atoms with Crippen molar-refractivity contribution in [1.82, 2.24) is 8.97 Å². The zero-order valence-electron chi connectivity index (χ0n) is 23.9. The van der Waals surface area contributed by atoms with Crippen LogP contribution in [0.1, 0.15) is 0 Å². The molecular weight excluding hydrogens is 532 g/mol. The number of para-hydroxylation sites is 3. The topological polar surface area (TPSA) is 9.34 Å². The minimum Gasteiger partial charge on any atom is -0.309 e. The lowest BCUT2D eigenvalue weighted by Crippen LogP contribution is -1.94. The number of hydrogen-bond acceptors (Lipinski definition) is 0. The lowest BCUT2D eigenvalue weighted by atomic mass is 9.98. The van der Waals surface area contributed by atoms with Gasteiger partial charge in [0.15, 0.2) is 0 Å². The Bertz CT molecular complexity index is 2620. The zero-order valence-corrected chi connectivity index (χ0v) is 23.9. The van der Waals surface area contributed by atoms with Crippen LogP contribution in [0, 0.1) is 0 Å². The Morgan fingerprint density at radius 1 is 0.295 bits per heavy atom. The summed E-state index contributed by atoms with van der Waals surface area (Å²) in [5.74, 6) is 0. The largest absolute Gasteiger partial charge is 0.309 e. The van der Waals surface area contributed by atoms with E-state index in [9.17, 15) is 0 Å². The Labute approximate surface area is 254 Å². The number of fused-ring (bicyclic) bond motifs is 9. The van der Waals surface area contributed by atoms with Crippen LogP contribution in [0.25, 0.3) is 87.8 Å². The van der Waals surface area contributed by atoms with Crippen molar-refractivity contribution in [3.8, 4) is 27.9 Å². The molecule has 10 rings (SSSR count). The van der Waals surface area contributed by atoms with Crippen molar-refractivity contribution in [2.45, 2.75) is 0 Å². The molecule has 2 heteroatoms. The molecular formula is C42H26N2. The van der Waals surface area contributed by atoms with Crippen LogP contribution >= 0.6 is 0 Å². The van der Waals surface area contributed by atoms with Crippen LogP contribution in [0.15, 0.2) is 158 Å². The average molecular weight is 559 g/mol. The molecule has 0 atom stereocenters. The molecule has 204 valence electrons. The van der Waals surface area contributed by atoms with E-state index in [1.54, 1.807) is 0 Å². The number of rotatable bonds is 3. The highest BCUT2D eigenvalue weighted by molar-refractivity contribution is 6.24. The normalized spacial score (nSPS) is 12.1. The summed E-state index contributed by atoms with van der Waals surface area (Å²) in [5.41, 5.74) is 12.4. The first-order valence-electron chi connectivity index (χ1n) is 15.2. The van der Waals surface area contributed by atoms with Gasteiger partial charge in [-0.2, -0.15) is 0 Å². The van der Waals surface area contributed by atoms with Gasteiger partial charge in [0.2, 0.25) is 0 Å². The van der Waals surface area contributed by atoms with Crippen LogP contribution in [0.5, 0.6) is 0 Å². The summed E-state index contributed by atoms with van der Waals surface area (Å²) in [6.07, 6.45) is 0. The van der Waals surface area contributed by atoms with Crippen molar-refractivity contribution in [2.75, 3.05) is 0 Å². The second kappa shape index (κ2) is 8.82. The van der Waals surface area contributed by atoms with Gasteiger partial charge in [-0.15, -0.1) is 0 Å². The minimum atomic E-state index is 1.17. The van der Waals surface area contributed by atoms with E-state index in [1.807, 2.05) is 0 Å². The minimum absolute atomic E-state index is 1.17. The van der Waals surface area contributed by atoms with E-state index in [1.165, 1.54) is 87.8 Å². The maximum absolute atomic E-state index is 2.44. The molecule has 0 spiro atoms. The number of benzene rings is 7. The van der Waals surface area contributed by atoms with E-state index in [0.29, 0.717) is 0 Å². The van der Waals surface area contributed by atoms with E-state index < -0.39 is 0 Å². The number of aromatic nitrogens is 2. The molecule has 0 unspecified atom stereocenters. The van der Waals surface area contributed by atoms with E-state index in [4.69, 9.17) is 0 Å². The second-order valence-corrected chi connectivity index (χ2v) is 11.8. The van der Waals surface area contributed by atoms with E-state index >= 15 is 0 Å². The van der Waals surface area contributed by atoms with E-state index in [-0.39, 0.29) is 0 Å². The van der Waals surface area contributed by atoms with E-state index in [0.717, 1.165) is 0 Å². The van der Waals surface area contributed by atoms with Gasteiger partial charge in [0.05, 0.1) is 27.6 Å². The second-order valence-electron chi connectivity index (χ2n) is 11.8. The predicted octanol–water partition coefficient (Wildman–Crippen LogP) is 11.3. The van der Waals surface area contributed by atoms with Gasteiger partial charge in [-0.3, -0.25) is 0 Å². The number of hydrogen-bond donors (Lipinski definition) is 0. The molecule has 3 heterocycles. The van der Waals surface area contributed by atoms with Crippen molar-refractivity contribution in [3.63, 3.8) is 0 Å². The van der Waals surface area contributed by atoms with Gasteiger partial charge in [-0.1, -0.05) is 103 Å². The lowest BCUT2D eigenvalue weighted by molar-refractivity contribution is 1.18. The molecule has 0 N–H and O–H groups in total. The van der Waals surface area contributed by atoms with Gasteiger partial charge in [-0.25, -0.2) is 0 Å². The summed E-state index contributed by atoms with van der Waals surface area (Å²) < 4.78 is 4.85. The summed E-state index contributed by atoms with van der Waals surface area (Å²) >= 11 is 0. The molecule has 0 aliphatic heterocycles. The molecule has 0 saturated heterocycles. The fourth-order valence-corrected chi connectivity index (χ4v) is 7.50. The summed E-state index contributed by atoms with van der Waals surface area (Å²) in [5, 5.41) is 7.76. The standard InChI is InChI=1S/C42H26N2/c1-2-11-27(12-3-1)28-13-10-14-31(23-28)43-38-18-7-4-15-32(38)35-24-29(21-22-41(35)43)30-25-36-33-16-5-8-19-39(33)44-40-20-9-6-17-34(40)37(26-30)42(36)44/h1-26H. The van der Waals surface area contributed by atoms with Crippen LogP contribution in [0.3, 0.4) is 0 Å². The number of nitrogens with zero attached hydrogens (tertiary/aromatic N) is 2. The van der Waals surface area contributed by atoms with Gasteiger partial charge in [0.1, 0.15) is 0 Å². The maximum Gasteiger partial charge on any atom is 0.0620 e. The molecule has 0 radical (unpaired) electrons. The highest BCUT2D eigenvalue weighted by Crippen LogP contribution is 2.42. The fraction of sp³-hybridized carbons (Fsp3) is 0. The molecule has 0 saturated carbocycles. The first-order chi connectivity index (χ1) is 21.8. The summed E-state index contributed by atoms with van der Waals surface area (Å²) in [7, 11) is 0. The van der Waals surface area contributed by atoms with Crippen LogP contribution < -0.4 is 0 Å². The molecule has 44 heavy (non-hydrogen) atoms. The third kappa shape index (κ3) is 3.20. The van der Waals surface area contributed by atoms with Crippen LogP contribution in [-0.4, -0.2) is 8.97 Å². The van der Waals surface area contributed by atoms with Crippen molar-refractivity contribution in [3.05, 3.63) is 158 Å². The third-order valence-electron chi connectivity index (χ3n) is 9.42. The Morgan fingerprint density at radius 3 is 1.52 bits per heavy atom. The third-order valence-corrected chi connectivity index (χ3v) is 9.42. The maximum atomic E-state index is 2.44. The summed E-state index contributed by atoms with van der Waals surface area (Å²) in [6, 6.07) is 57.7.